The molecular formula is C12H15Cl2N3OS. The van der Waals surface area contributed by atoms with Crippen LogP contribution < -0.4 is 5.32 Å². The minimum atomic E-state index is 0.523. The lowest BCUT2D eigenvalue weighted by atomic mass is 10.2. The molecule has 1 aliphatic rings. The van der Waals surface area contributed by atoms with Crippen LogP contribution in [0.25, 0.3) is 0 Å². The molecule has 0 amide bonds. The van der Waals surface area contributed by atoms with Crippen LogP contribution in [-0.4, -0.2) is 19.8 Å². The third-order valence-electron chi connectivity index (χ3n) is 2.44. The molecule has 1 aliphatic heterocycles. The molecule has 0 atom stereocenters. The summed E-state index contributed by atoms with van der Waals surface area (Å²) in [5.41, 5.74) is 2.16. The summed E-state index contributed by atoms with van der Waals surface area (Å²) in [7, 11) is 0. The van der Waals surface area contributed by atoms with Gasteiger partial charge in [0, 0.05) is 13.2 Å². The Morgan fingerprint density at radius 1 is 1.26 bits per heavy atom. The van der Waals surface area contributed by atoms with Crippen molar-refractivity contribution in [2.75, 3.05) is 25.1 Å². The van der Waals surface area contributed by atoms with Crippen molar-refractivity contribution in [3.05, 3.63) is 16.1 Å². The zero-order valence-corrected chi connectivity index (χ0v) is 13.1. The normalized spacial score (nSPS) is 12.7. The van der Waals surface area contributed by atoms with E-state index in [-0.39, 0.29) is 0 Å². The predicted octanol–water partition coefficient (Wildman–Crippen LogP) is 4.80. The van der Waals surface area contributed by atoms with Crippen LogP contribution in [-0.2, 0) is 16.1 Å². The van der Waals surface area contributed by atoms with Crippen molar-refractivity contribution in [1.82, 2.24) is 0 Å². The van der Waals surface area contributed by atoms with Crippen LogP contribution in [0.15, 0.2) is 14.8 Å². The minimum Gasteiger partial charge on any atom is -0.380 e. The van der Waals surface area contributed by atoms with E-state index in [4.69, 9.17) is 27.9 Å². The highest BCUT2D eigenvalue weighted by atomic mass is 35.5. The lowest BCUT2D eigenvalue weighted by molar-refractivity contribution is 0.118. The Balaban J connectivity index is 1.98. The molecule has 0 saturated heterocycles. The number of halogens is 2. The van der Waals surface area contributed by atoms with E-state index in [0.29, 0.717) is 40.5 Å². The van der Waals surface area contributed by atoms with Gasteiger partial charge in [0.25, 0.3) is 0 Å². The van der Waals surface area contributed by atoms with Crippen molar-refractivity contribution in [3.8, 4) is 0 Å². The van der Waals surface area contributed by atoms with Crippen LogP contribution in [0.5, 0.6) is 0 Å². The zero-order chi connectivity index (χ0) is 13.8. The maximum atomic E-state index is 6.18. The van der Waals surface area contributed by atoms with E-state index < -0.39 is 0 Å². The van der Waals surface area contributed by atoms with Crippen LogP contribution in [0.4, 0.5) is 17.1 Å². The lowest BCUT2D eigenvalue weighted by Crippen LogP contribution is -2.12. The van der Waals surface area contributed by atoms with Gasteiger partial charge in [-0.25, -0.2) is 0 Å². The van der Waals surface area contributed by atoms with E-state index in [1.54, 1.807) is 6.07 Å². The Labute approximate surface area is 126 Å². The van der Waals surface area contributed by atoms with E-state index in [0.717, 1.165) is 23.6 Å². The molecule has 0 bridgehead atoms. The molecule has 19 heavy (non-hydrogen) atoms. The number of hydrogen-bond acceptors (Lipinski definition) is 4. The molecule has 104 valence electrons. The summed E-state index contributed by atoms with van der Waals surface area (Å²) in [6.45, 7) is 6.28. The van der Waals surface area contributed by atoms with Crippen LogP contribution in [0.2, 0.25) is 10.0 Å². The van der Waals surface area contributed by atoms with E-state index in [1.807, 2.05) is 0 Å². The van der Waals surface area contributed by atoms with Crippen molar-refractivity contribution in [1.29, 1.82) is 0 Å². The summed E-state index contributed by atoms with van der Waals surface area (Å²) in [5, 5.41) is 4.31. The third kappa shape index (κ3) is 3.69. The summed E-state index contributed by atoms with van der Waals surface area (Å²) in [6.07, 6.45) is 0. The van der Waals surface area contributed by atoms with Gasteiger partial charge in [0.15, 0.2) is 0 Å². The number of ether oxygens (including phenoxy) is 1. The predicted molar refractivity (Wildman–Crippen MR) is 82.1 cm³/mol. The first-order valence-electron chi connectivity index (χ1n) is 6.01. The van der Waals surface area contributed by atoms with Crippen LogP contribution in [0.3, 0.4) is 0 Å². The molecule has 1 aromatic rings. The molecule has 0 aliphatic carbocycles. The highest BCUT2D eigenvalue weighted by Crippen LogP contribution is 2.47. The summed E-state index contributed by atoms with van der Waals surface area (Å²) in [6, 6.07) is 1.68. The lowest BCUT2D eigenvalue weighted by Gasteiger charge is -2.12. The molecule has 0 unspecified atom stereocenters. The van der Waals surface area contributed by atoms with E-state index >= 15 is 0 Å². The number of rotatable bonds is 6. The first-order chi connectivity index (χ1) is 9.09. The molecule has 4 nitrogen and oxygen atoms in total. The first kappa shape index (κ1) is 14.8. The molecule has 0 fully saturated rings. The number of benzene rings is 1. The van der Waals surface area contributed by atoms with Gasteiger partial charge < -0.3 is 10.1 Å². The second-order valence-electron chi connectivity index (χ2n) is 4.57. The Hall–Kier alpha value is -0.620. The Morgan fingerprint density at radius 2 is 2.00 bits per heavy atom. The second-order valence-corrected chi connectivity index (χ2v) is 5.92. The number of anilines is 1. The topological polar surface area (TPSA) is 46.0 Å². The third-order valence-corrected chi connectivity index (χ3v) is 3.56. The van der Waals surface area contributed by atoms with Gasteiger partial charge in [-0.1, -0.05) is 37.0 Å². The molecule has 1 heterocycles. The highest BCUT2D eigenvalue weighted by molar-refractivity contribution is 7.58. The maximum Gasteiger partial charge on any atom is 0.130 e. The average molecular weight is 320 g/mol. The summed E-state index contributed by atoms with van der Waals surface area (Å²) in [5.74, 6) is 0.536. The van der Waals surface area contributed by atoms with Crippen molar-refractivity contribution in [2.24, 2.45) is 14.6 Å². The van der Waals surface area contributed by atoms with Gasteiger partial charge in [0.05, 0.1) is 33.7 Å². The molecule has 1 N–H and O–H groups in total. The minimum absolute atomic E-state index is 0.523. The number of nitrogens with one attached hydrogen (secondary N) is 1. The van der Waals surface area contributed by atoms with E-state index in [1.165, 1.54) is 0 Å². The van der Waals surface area contributed by atoms with Crippen molar-refractivity contribution < 1.29 is 4.74 Å². The quantitative estimate of drug-likeness (QED) is 0.777. The molecule has 1 aromatic carbocycles. The smallest absolute Gasteiger partial charge is 0.130 e. The largest absolute Gasteiger partial charge is 0.380 e. The molecule has 0 radical (unpaired) electrons. The van der Waals surface area contributed by atoms with Gasteiger partial charge in [0.1, 0.15) is 11.4 Å². The van der Waals surface area contributed by atoms with Crippen molar-refractivity contribution >= 4 is 51.6 Å². The molecule has 0 saturated carbocycles. The fourth-order valence-corrected chi connectivity index (χ4v) is 2.79. The number of hydrogen-bond donors (Lipinski definition) is 1. The number of fused-ring (bicyclic) bond motifs is 1. The summed E-state index contributed by atoms with van der Waals surface area (Å²) >= 11 is 13.4. The summed E-state index contributed by atoms with van der Waals surface area (Å²) in [4.78, 5) is 0. The van der Waals surface area contributed by atoms with Gasteiger partial charge in [-0.2, -0.15) is 8.73 Å². The van der Waals surface area contributed by atoms with Gasteiger partial charge >= 0.3 is 0 Å². The Morgan fingerprint density at radius 3 is 2.74 bits per heavy atom. The maximum absolute atomic E-state index is 6.18. The Kier molecular flexibility index (Phi) is 5.21. The molecule has 7 heteroatoms. The Bertz CT molecular complexity index is 542. The monoisotopic (exact) mass is 319 g/mol. The summed E-state index contributed by atoms with van der Waals surface area (Å²) < 4.78 is 13.9. The molecule has 0 aromatic heterocycles. The van der Waals surface area contributed by atoms with Gasteiger partial charge in [-0.3, -0.25) is 0 Å². The SMILES string of the molecule is CC(C)COCCNc1c(Cl)cc(Cl)c2c1N=S=N2. The van der Waals surface area contributed by atoms with E-state index in [2.05, 4.69) is 27.9 Å². The fraction of sp³-hybridized carbons (Fsp3) is 0.500. The van der Waals surface area contributed by atoms with Crippen molar-refractivity contribution in [3.63, 3.8) is 0 Å². The number of nitrogens with zero attached hydrogens (tertiary/aromatic N) is 2. The van der Waals surface area contributed by atoms with Crippen LogP contribution >= 0.6 is 23.2 Å². The molecular weight excluding hydrogens is 305 g/mol. The first-order valence-corrected chi connectivity index (χ1v) is 7.50. The van der Waals surface area contributed by atoms with Crippen molar-refractivity contribution in [2.45, 2.75) is 13.8 Å². The second kappa shape index (κ2) is 6.70. The highest BCUT2D eigenvalue weighted by Gasteiger charge is 2.18. The van der Waals surface area contributed by atoms with Gasteiger partial charge in [-0.05, 0) is 12.0 Å². The van der Waals surface area contributed by atoms with E-state index in [9.17, 15) is 0 Å². The standard InChI is InChI=1S/C12H15Cl2N3OS/c1-7(2)6-18-4-3-15-10-8(13)5-9(14)11-12(10)17-19-16-11/h5,7,15H,3-4,6H2,1-2H3. The van der Waals surface area contributed by atoms with Gasteiger partial charge in [0.2, 0.25) is 0 Å². The zero-order valence-electron chi connectivity index (χ0n) is 10.7. The molecule has 2 rings (SSSR count). The van der Waals surface area contributed by atoms with Crippen LogP contribution in [0, 0.1) is 5.92 Å². The van der Waals surface area contributed by atoms with Gasteiger partial charge in [-0.15, -0.1) is 0 Å². The molecule has 0 spiro atoms. The fourth-order valence-electron chi connectivity index (χ4n) is 1.61. The average Bonchev–Trinajstić information content (AvgIpc) is 2.81. The van der Waals surface area contributed by atoms with Crippen LogP contribution in [0.1, 0.15) is 13.8 Å².